The number of pyridine rings is 1. The Morgan fingerprint density at radius 2 is 1.85 bits per heavy atom. The van der Waals surface area contributed by atoms with E-state index < -0.39 is 5.97 Å². The summed E-state index contributed by atoms with van der Waals surface area (Å²) < 4.78 is 0. The molecule has 164 valence electrons. The van der Waals surface area contributed by atoms with E-state index in [-0.39, 0.29) is 0 Å². The van der Waals surface area contributed by atoms with E-state index in [0.717, 1.165) is 57.6 Å². The van der Waals surface area contributed by atoms with Gasteiger partial charge in [0.1, 0.15) is 0 Å². The topological polar surface area (TPSA) is 78.9 Å². The van der Waals surface area contributed by atoms with Crippen LogP contribution in [0.5, 0.6) is 0 Å². The molecule has 1 aliphatic rings. The normalized spacial score (nSPS) is 14.9. The van der Waals surface area contributed by atoms with Gasteiger partial charge in [0.25, 0.3) is 0 Å². The van der Waals surface area contributed by atoms with Crippen molar-refractivity contribution >= 4 is 45.7 Å². The first-order valence-corrected chi connectivity index (χ1v) is 11.3. The van der Waals surface area contributed by atoms with Crippen LogP contribution in [0.25, 0.3) is 28.1 Å². The first-order chi connectivity index (χ1) is 16.1. The number of carbonyl (C=O) groups is 1. The molecule has 0 atom stereocenters. The Labute approximate surface area is 196 Å². The van der Waals surface area contributed by atoms with Gasteiger partial charge in [-0.2, -0.15) is 5.10 Å². The molecule has 0 aliphatic heterocycles. The van der Waals surface area contributed by atoms with Crippen LogP contribution in [-0.2, 0) is 4.79 Å². The highest BCUT2D eigenvalue weighted by molar-refractivity contribution is 6.32. The van der Waals surface area contributed by atoms with Gasteiger partial charge in [0.2, 0.25) is 0 Å². The van der Waals surface area contributed by atoms with Crippen molar-refractivity contribution in [2.24, 2.45) is 5.92 Å². The van der Waals surface area contributed by atoms with Crippen LogP contribution in [0.3, 0.4) is 0 Å². The average molecular weight is 456 g/mol. The lowest BCUT2D eigenvalue weighted by atomic mass is 9.73. The van der Waals surface area contributed by atoms with Crippen LogP contribution >= 0.6 is 11.6 Å². The molecule has 5 rings (SSSR count). The summed E-state index contributed by atoms with van der Waals surface area (Å²) in [7, 11) is 0. The fourth-order valence-electron chi connectivity index (χ4n) is 4.35. The highest BCUT2D eigenvalue weighted by atomic mass is 35.5. The molecule has 2 aromatic heterocycles. The van der Waals surface area contributed by atoms with E-state index in [4.69, 9.17) is 16.7 Å². The minimum atomic E-state index is -0.965. The molecule has 0 saturated heterocycles. The first-order valence-electron chi connectivity index (χ1n) is 10.9. The lowest BCUT2D eigenvalue weighted by molar-refractivity contribution is -0.131. The SMILES string of the molecule is O=C(O)C=Cc1ccc(C(=C(c2ccncc2Cl)C2CCC2)c2ccc3[nH]ncc3c2)cc1. The van der Waals surface area contributed by atoms with Crippen molar-refractivity contribution in [2.45, 2.75) is 19.3 Å². The lowest BCUT2D eigenvalue weighted by Crippen LogP contribution is -2.15. The van der Waals surface area contributed by atoms with Gasteiger partial charge in [0.05, 0.1) is 16.7 Å². The van der Waals surface area contributed by atoms with Crippen molar-refractivity contribution in [1.82, 2.24) is 15.2 Å². The molecule has 5 nitrogen and oxygen atoms in total. The van der Waals surface area contributed by atoms with Gasteiger partial charge in [-0.1, -0.05) is 48.4 Å². The molecule has 2 heterocycles. The molecule has 1 fully saturated rings. The van der Waals surface area contributed by atoms with Crippen molar-refractivity contribution in [3.05, 3.63) is 100 Å². The number of nitrogens with zero attached hydrogens (tertiary/aromatic N) is 2. The molecule has 0 spiro atoms. The highest BCUT2D eigenvalue weighted by Crippen LogP contribution is 2.46. The van der Waals surface area contributed by atoms with Gasteiger partial charge >= 0.3 is 5.97 Å². The lowest BCUT2D eigenvalue weighted by Gasteiger charge is -2.32. The van der Waals surface area contributed by atoms with Gasteiger partial charge in [-0.3, -0.25) is 10.1 Å². The predicted octanol–water partition coefficient (Wildman–Crippen LogP) is 6.47. The van der Waals surface area contributed by atoms with E-state index >= 15 is 0 Å². The standard InChI is InChI=1S/C27H22ClN3O2/c28-23-16-29-13-12-22(23)27(18-2-1-3-18)26(20-9-10-24-21(14-20)15-30-31-24)19-7-4-17(5-8-19)6-11-25(32)33/h4-16,18H,1-3H2,(H,30,31)(H,32,33). The van der Waals surface area contributed by atoms with E-state index in [1.54, 1.807) is 18.5 Å². The molecule has 1 aliphatic carbocycles. The Morgan fingerprint density at radius 3 is 2.55 bits per heavy atom. The predicted molar refractivity (Wildman–Crippen MR) is 132 cm³/mol. The number of hydrogen-bond donors (Lipinski definition) is 2. The zero-order chi connectivity index (χ0) is 22.8. The van der Waals surface area contributed by atoms with E-state index in [0.29, 0.717) is 10.9 Å². The van der Waals surface area contributed by atoms with E-state index in [2.05, 4.69) is 27.3 Å². The van der Waals surface area contributed by atoms with Crippen LogP contribution in [0.2, 0.25) is 5.02 Å². The molecule has 0 radical (unpaired) electrons. The third kappa shape index (κ3) is 4.32. The van der Waals surface area contributed by atoms with E-state index in [9.17, 15) is 4.79 Å². The van der Waals surface area contributed by atoms with Gasteiger partial charge < -0.3 is 5.11 Å². The Morgan fingerprint density at radius 1 is 1.06 bits per heavy atom. The smallest absolute Gasteiger partial charge is 0.328 e. The molecule has 0 amide bonds. The molecule has 4 aromatic rings. The van der Waals surface area contributed by atoms with Crippen LogP contribution in [-0.4, -0.2) is 26.3 Å². The second-order valence-electron chi connectivity index (χ2n) is 8.24. The zero-order valence-corrected chi connectivity index (χ0v) is 18.6. The van der Waals surface area contributed by atoms with E-state index in [1.807, 2.05) is 42.6 Å². The van der Waals surface area contributed by atoms with Crippen molar-refractivity contribution in [2.75, 3.05) is 0 Å². The monoisotopic (exact) mass is 455 g/mol. The Bertz CT molecular complexity index is 1380. The van der Waals surface area contributed by atoms with Crippen LogP contribution in [0.4, 0.5) is 0 Å². The molecule has 2 N–H and O–H groups in total. The van der Waals surface area contributed by atoms with Crippen LogP contribution in [0.15, 0.2) is 73.2 Å². The largest absolute Gasteiger partial charge is 0.478 e. The van der Waals surface area contributed by atoms with Crippen LogP contribution in [0.1, 0.15) is 41.5 Å². The van der Waals surface area contributed by atoms with Crippen molar-refractivity contribution in [3.8, 4) is 0 Å². The summed E-state index contributed by atoms with van der Waals surface area (Å²) in [4.78, 5) is 15.1. The summed E-state index contributed by atoms with van der Waals surface area (Å²) in [5.41, 5.74) is 7.33. The van der Waals surface area contributed by atoms with Gasteiger partial charge in [-0.05, 0) is 70.9 Å². The number of nitrogens with one attached hydrogen (secondary N) is 1. The summed E-state index contributed by atoms with van der Waals surface area (Å²) in [6, 6.07) is 16.3. The highest BCUT2D eigenvalue weighted by Gasteiger charge is 2.28. The number of fused-ring (bicyclic) bond motifs is 1. The number of aliphatic carboxylic acids is 1. The number of hydrogen-bond acceptors (Lipinski definition) is 3. The third-order valence-corrected chi connectivity index (χ3v) is 6.49. The fraction of sp³-hybridized carbons (Fsp3) is 0.148. The third-order valence-electron chi connectivity index (χ3n) is 6.19. The number of rotatable bonds is 6. The van der Waals surface area contributed by atoms with Crippen LogP contribution < -0.4 is 0 Å². The Kier molecular flexibility index (Phi) is 5.80. The quantitative estimate of drug-likeness (QED) is 0.326. The molecular weight excluding hydrogens is 434 g/mol. The summed E-state index contributed by atoms with van der Waals surface area (Å²) >= 11 is 6.66. The molecular formula is C27H22ClN3O2. The maximum Gasteiger partial charge on any atom is 0.328 e. The molecule has 6 heteroatoms. The first kappa shape index (κ1) is 21.2. The number of allylic oxidation sites excluding steroid dienone is 1. The maximum atomic E-state index is 10.9. The molecule has 2 aromatic carbocycles. The summed E-state index contributed by atoms with van der Waals surface area (Å²) in [6.07, 6.45) is 11.5. The van der Waals surface area contributed by atoms with E-state index in [1.165, 1.54) is 12.0 Å². The minimum Gasteiger partial charge on any atom is -0.478 e. The minimum absolute atomic E-state index is 0.409. The van der Waals surface area contributed by atoms with Crippen molar-refractivity contribution in [3.63, 3.8) is 0 Å². The Hall–Kier alpha value is -3.70. The molecule has 33 heavy (non-hydrogen) atoms. The average Bonchev–Trinajstić information content (AvgIpc) is 3.25. The molecule has 0 bridgehead atoms. The van der Waals surface area contributed by atoms with Gasteiger partial charge in [0.15, 0.2) is 0 Å². The molecule has 1 saturated carbocycles. The summed E-state index contributed by atoms with van der Waals surface area (Å²) in [5, 5.41) is 17.8. The number of H-pyrrole nitrogens is 1. The summed E-state index contributed by atoms with van der Waals surface area (Å²) in [5.74, 6) is -0.556. The van der Waals surface area contributed by atoms with Crippen molar-refractivity contribution in [1.29, 1.82) is 0 Å². The zero-order valence-electron chi connectivity index (χ0n) is 17.8. The fourth-order valence-corrected chi connectivity index (χ4v) is 4.57. The second kappa shape index (κ2) is 9.04. The van der Waals surface area contributed by atoms with Crippen LogP contribution in [0, 0.1) is 5.92 Å². The number of benzene rings is 2. The van der Waals surface area contributed by atoms with Crippen molar-refractivity contribution < 1.29 is 9.90 Å². The number of aromatic nitrogens is 3. The summed E-state index contributed by atoms with van der Waals surface area (Å²) in [6.45, 7) is 0. The number of aromatic amines is 1. The maximum absolute atomic E-state index is 10.9. The van der Waals surface area contributed by atoms with Gasteiger partial charge in [-0.25, -0.2) is 4.79 Å². The number of carboxylic acid groups (broad SMARTS) is 1. The van der Waals surface area contributed by atoms with Gasteiger partial charge in [0, 0.05) is 29.4 Å². The molecule has 0 unspecified atom stereocenters. The Balaban J connectivity index is 1.74. The second-order valence-corrected chi connectivity index (χ2v) is 8.64. The van der Waals surface area contributed by atoms with Gasteiger partial charge in [-0.15, -0.1) is 0 Å². The number of carboxylic acids is 1. The number of halogens is 1.